The van der Waals surface area contributed by atoms with Crippen LogP contribution in [0, 0.1) is 10.1 Å². The molecule has 21 heavy (non-hydrogen) atoms. The Morgan fingerprint density at radius 1 is 1.48 bits per heavy atom. The number of nitro groups is 1. The molecule has 0 aliphatic rings. The second-order valence-electron chi connectivity index (χ2n) is 3.85. The Morgan fingerprint density at radius 2 is 2.24 bits per heavy atom. The maximum Gasteiger partial charge on any atom is 0.281 e. The van der Waals surface area contributed by atoms with Gasteiger partial charge in [0.25, 0.3) is 5.69 Å². The molecular formula is C12H9ClN4O3S. The fourth-order valence-corrected chi connectivity index (χ4v) is 1.81. The van der Waals surface area contributed by atoms with Crippen LogP contribution in [0.2, 0.25) is 5.02 Å². The molecule has 0 amide bonds. The number of nitro benzene ring substituents is 1. The fraction of sp³-hybridized carbons (Fsp3) is 0. The number of nitrogens with zero attached hydrogens (tertiary/aromatic N) is 2. The molecule has 0 spiro atoms. The van der Waals surface area contributed by atoms with Crippen molar-refractivity contribution >= 4 is 40.8 Å². The minimum absolute atomic E-state index is 0.0198. The maximum absolute atomic E-state index is 11.0. The monoisotopic (exact) mass is 324 g/mol. The van der Waals surface area contributed by atoms with Gasteiger partial charge >= 0.3 is 0 Å². The first-order chi connectivity index (χ1) is 9.97. The Hall–Kier alpha value is -2.45. The van der Waals surface area contributed by atoms with E-state index in [0.29, 0.717) is 17.1 Å². The van der Waals surface area contributed by atoms with Gasteiger partial charge in [0.2, 0.25) is 0 Å². The number of hydrazone groups is 1. The van der Waals surface area contributed by atoms with Crippen LogP contribution in [-0.2, 0) is 0 Å². The van der Waals surface area contributed by atoms with Crippen molar-refractivity contribution in [1.82, 2.24) is 5.43 Å². The molecule has 0 unspecified atom stereocenters. The largest absolute Gasteiger partial charge is 0.455 e. The topological polar surface area (TPSA) is 107 Å². The smallest absolute Gasteiger partial charge is 0.281 e. The van der Waals surface area contributed by atoms with Crippen molar-refractivity contribution in [2.24, 2.45) is 10.8 Å². The molecule has 1 heterocycles. The quantitative estimate of drug-likeness (QED) is 0.387. The highest BCUT2D eigenvalue weighted by Crippen LogP contribution is 2.33. The fourth-order valence-electron chi connectivity index (χ4n) is 1.59. The van der Waals surface area contributed by atoms with E-state index in [1.807, 2.05) is 0 Å². The number of hydrogen-bond acceptors (Lipinski definition) is 5. The summed E-state index contributed by atoms with van der Waals surface area (Å²) >= 11 is 10.3. The third-order valence-corrected chi connectivity index (χ3v) is 2.74. The van der Waals surface area contributed by atoms with Gasteiger partial charge in [0.1, 0.15) is 11.5 Å². The highest BCUT2D eigenvalue weighted by atomic mass is 35.5. The van der Waals surface area contributed by atoms with Gasteiger partial charge in [0.05, 0.1) is 16.7 Å². The van der Waals surface area contributed by atoms with Crippen molar-refractivity contribution in [3.63, 3.8) is 0 Å². The van der Waals surface area contributed by atoms with Gasteiger partial charge in [-0.3, -0.25) is 15.5 Å². The summed E-state index contributed by atoms with van der Waals surface area (Å²) in [6.45, 7) is 0. The van der Waals surface area contributed by atoms with E-state index in [9.17, 15) is 10.1 Å². The Kier molecular flexibility index (Phi) is 4.51. The van der Waals surface area contributed by atoms with E-state index in [4.69, 9.17) is 21.8 Å². The van der Waals surface area contributed by atoms with Gasteiger partial charge in [-0.25, -0.2) is 0 Å². The summed E-state index contributed by atoms with van der Waals surface area (Å²) in [6, 6.07) is 7.54. The molecule has 0 bridgehead atoms. The number of furan rings is 1. The van der Waals surface area contributed by atoms with Crippen molar-refractivity contribution in [2.45, 2.75) is 0 Å². The Labute approximate surface area is 129 Å². The Bertz CT molecular complexity index is 729. The number of nitrogens with two attached hydrogens (primary N) is 1. The summed E-state index contributed by atoms with van der Waals surface area (Å²) in [5.74, 6) is 0.716. The lowest BCUT2D eigenvalue weighted by Gasteiger charge is -2.00. The molecule has 3 N–H and O–H groups in total. The van der Waals surface area contributed by atoms with Gasteiger partial charge in [0, 0.05) is 11.1 Å². The van der Waals surface area contributed by atoms with E-state index >= 15 is 0 Å². The first kappa shape index (κ1) is 14.9. The summed E-state index contributed by atoms with van der Waals surface area (Å²) in [5.41, 5.74) is 7.77. The molecule has 1 aromatic carbocycles. The van der Waals surface area contributed by atoms with Gasteiger partial charge < -0.3 is 10.2 Å². The minimum atomic E-state index is -0.522. The van der Waals surface area contributed by atoms with Crippen LogP contribution in [0.4, 0.5) is 5.69 Å². The van der Waals surface area contributed by atoms with Gasteiger partial charge in [-0.05, 0) is 36.5 Å². The molecule has 0 radical (unpaired) electrons. The molecule has 0 aliphatic heterocycles. The van der Waals surface area contributed by atoms with Crippen molar-refractivity contribution in [3.8, 4) is 11.3 Å². The van der Waals surface area contributed by atoms with Crippen molar-refractivity contribution < 1.29 is 9.34 Å². The Morgan fingerprint density at radius 3 is 2.90 bits per heavy atom. The third-order valence-electron chi connectivity index (χ3n) is 2.42. The van der Waals surface area contributed by atoms with Gasteiger partial charge in [-0.1, -0.05) is 11.6 Å². The summed E-state index contributed by atoms with van der Waals surface area (Å²) in [4.78, 5) is 10.5. The number of benzene rings is 1. The molecule has 0 fully saturated rings. The molecule has 9 heteroatoms. The SMILES string of the molecule is NC(=S)NN=Cc1ccc(-c2ccc(Cl)cc2[N+](=O)[O-])o1. The van der Waals surface area contributed by atoms with E-state index in [1.54, 1.807) is 18.2 Å². The van der Waals surface area contributed by atoms with Crippen LogP contribution >= 0.6 is 23.8 Å². The van der Waals surface area contributed by atoms with Gasteiger partial charge in [0.15, 0.2) is 5.11 Å². The predicted octanol–water partition coefficient (Wildman–Crippen LogP) is 2.68. The molecule has 0 atom stereocenters. The highest BCUT2D eigenvalue weighted by Gasteiger charge is 2.18. The second-order valence-corrected chi connectivity index (χ2v) is 4.73. The molecule has 0 saturated carbocycles. The molecule has 108 valence electrons. The molecule has 0 saturated heterocycles. The van der Waals surface area contributed by atoms with Crippen LogP contribution in [0.1, 0.15) is 5.76 Å². The van der Waals surface area contributed by atoms with Crippen LogP contribution in [0.5, 0.6) is 0 Å². The lowest BCUT2D eigenvalue weighted by molar-refractivity contribution is -0.384. The molecular weight excluding hydrogens is 316 g/mol. The van der Waals surface area contributed by atoms with E-state index in [1.165, 1.54) is 18.3 Å². The predicted molar refractivity (Wildman–Crippen MR) is 83.3 cm³/mol. The molecule has 2 aromatic rings. The Balaban J connectivity index is 2.31. The van der Waals surface area contributed by atoms with E-state index in [0.717, 1.165) is 0 Å². The summed E-state index contributed by atoms with van der Waals surface area (Å²) < 4.78 is 5.46. The lowest BCUT2D eigenvalue weighted by atomic mass is 10.1. The number of nitrogens with one attached hydrogen (secondary N) is 1. The molecule has 0 aliphatic carbocycles. The van der Waals surface area contributed by atoms with Gasteiger partial charge in [-0.15, -0.1) is 0 Å². The standard InChI is InChI=1S/C12H9ClN4O3S/c13-7-1-3-9(10(5-7)17(18)19)11-4-2-8(20-11)6-15-16-12(14)21/h1-6H,(H3,14,16,21). The maximum atomic E-state index is 11.0. The van der Waals surface area contributed by atoms with Crippen LogP contribution in [0.3, 0.4) is 0 Å². The van der Waals surface area contributed by atoms with Crippen molar-refractivity contribution in [3.05, 3.63) is 51.2 Å². The minimum Gasteiger partial charge on any atom is -0.455 e. The number of halogens is 1. The molecule has 7 nitrogen and oxygen atoms in total. The van der Waals surface area contributed by atoms with Crippen molar-refractivity contribution in [2.75, 3.05) is 0 Å². The van der Waals surface area contributed by atoms with Crippen LogP contribution in [0.25, 0.3) is 11.3 Å². The number of thiocarbonyl (C=S) groups is 1. The average molecular weight is 325 g/mol. The van der Waals surface area contributed by atoms with Crippen molar-refractivity contribution in [1.29, 1.82) is 0 Å². The number of hydrogen-bond donors (Lipinski definition) is 2. The zero-order valence-corrected chi connectivity index (χ0v) is 12.0. The normalized spacial score (nSPS) is 10.7. The molecule has 2 rings (SSSR count). The zero-order chi connectivity index (χ0) is 15.4. The third kappa shape index (κ3) is 3.77. The molecule has 1 aromatic heterocycles. The van der Waals surface area contributed by atoms with Crippen LogP contribution in [-0.4, -0.2) is 16.3 Å². The summed E-state index contributed by atoms with van der Waals surface area (Å²) in [5, 5.41) is 15.1. The summed E-state index contributed by atoms with van der Waals surface area (Å²) in [6.07, 6.45) is 1.35. The number of rotatable bonds is 4. The van der Waals surface area contributed by atoms with Crippen LogP contribution < -0.4 is 11.2 Å². The van der Waals surface area contributed by atoms with E-state index in [2.05, 4.69) is 22.7 Å². The van der Waals surface area contributed by atoms with Gasteiger partial charge in [-0.2, -0.15) is 5.10 Å². The zero-order valence-electron chi connectivity index (χ0n) is 10.4. The highest BCUT2D eigenvalue weighted by molar-refractivity contribution is 7.80. The first-order valence-electron chi connectivity index (χ1n) is 5.60. The lowest BCUT2D eigenvalue weighted by Crippen LogP contribution is -2.23. The average Bonchev–Trinajstić information content (AvgIpc) is 2.86. The van der Waals surface area contributed by atoms with Crippen LogP contribution in [0.15, 0.2) is 39.9 Å². The first-order valence-corrected chi connectivity index (χ1v) is 6.38. The second kappa shape index (κ2) is 6.33. The van der Waals surface area contributed by atoms with E-state index in [-0.39, 0.29) is 15.8 Å². The summed E-state index contributed by atoms with van der Waals surface area (Å²) in [7, 11) is 0. The van der Waals surface area contributed by atoms with E-state index < -0.39 is 4.92 Å².